The fourth-order valence-electron chi connectivity index (χ4n) is 6.36. The van der Waals surface area contributed by atoms with E-state index in [1.807, 2.05) is 54.6 Å². The van der Waals surface area contributed by atoms with Gasteiger partial charge in [0.2, 0.25) is 0 Å². The SMILES string of the molecule is O=C1[C@H]2N=NN(CC(=O)N3N=C4/C(=C/c5ccc(Cl)cc5)CCC[C@H]4[C@H]3c3ccc(Cl)cc3)[C@@H]2C(=O)N1c1ccccc1. The fraction of sp³-hybridized carbons (Fsp3) is 0.250. The van der Waals surface area contributed by atoms with E-state index in [4.69, 9.17) is 28.3 Å². The van der Waals surface area contributed by atoms with Crippen LogP contribution in [0.25, 0.3) is 6.08 Å². The summed E-state index contributed by atoms with van der Waals surface area (Å²) >= 11 is 12.3. The van der Waals surface area contributed by atoms with Gasteiger partial charge in [-0.1, -0.05) is 70.9 Å². The second kappa shape index (κ2) is 11.1. The molecule has 3 aromatic rings. The first-order valence-corrected chi connectivity index (χ1v) is 14.9. The number of anilines is 1. The third kappa shape index (κ3) is 4.92. The summed E-state index contributed by atoms with van der Waals surface area (Å²) in [4.78, 5) is 41.7. The van der Waals surface area contributed by atoms with Crippen LogP contribution in [-0.2, 0) is 14.4 Å². The minimum Gasteiger partial charge on any atom is -0.271 e. The van der Waals surface area contributed by atoms with E-state index in [1.54, 1.807) is 24.3 Å². The number of imide groups is 1. The largest absolute Gasteiger partial charge is 0.271 e. The van der Waals surface area contributed by atoms with Crippen molar-refractivity contribution in [2.45, 2.75) is 37.4 Å². The van der Waals surface area contributed by atoms with Crippen LogP contribution in [0.15, 0.2) is 99.9 Å². The van der Waals surface area contributed by atoms with Crippen LogP contribution in [-0.4, -0.2) is 52.1 Å². The van der Waals surface area contributed by atoms with E-state index < -0.39 is 23.9 Å². The molecule has 4 atom stereocenters. The molecule has 3 amide bonds. The third-order valence-corrected chi connectivity index (χ3v) is 8.85. The van der Waals surface area contributed by atoms with Crippen LogP contribution in [0.5, 0.6) is 0 Å². The summed E-state index contributed by atoms with van der Waals surface area (Å²) in [6, 6.07) is 21.5. The number of nitrogens with zero attached hydrogens (tertiary/aromatic N) is 6. The van der Waals surface area contributed by atoms with Gasteiger partial charge in [-0.05, 0) is 78.4 Å². The monoisotopic (exact) mass is 612 g/mol. The van der Waals surface area contributed by atoms with Crippen molar-refractivity contribution in [2.24, 2.45) is 21.4 Å². The minimum absolute atomic E-state index is 0.0198. The number of hydrazone groups is 1. The van der Waals surface area contributed by atoms with Crippen LogP contribution in [0.3, 0.4) is 0 Å². The van der Waals surface area contributed by atoms with Crippen molar-refractivity contribution >= 4 is 58.4 Å². The van der Waals surface area contributed by atoms with Crippen LogP contribution in [0, 0.1) is 5.92 Å². The molecule has 4 aliphatic rings. The van der Waals surface area contributed by atoms with E-state index in [2.05, 4.69) is 16.4 Å². The van der Waals surface area contributed by atoms with Crippen LogP contribution in [0.2, 0.25) is 10.0 Å². The second-order valence-corrected chi connectivity index (χ2v) is 11.9. The fourth-order valence-corrected chi connectivity index (χ4v) is 6.61. The Hall–Kier alpha value is -4.34. The van der Waals surface area contributed by atoms with Gasteiger partial charge >= 0.3 is 0 Å². The highest BCUT2D eigenvalue weighted by Crippen LogP contribution is 2.45. The molecule has 0 bridgehead atoms. The summed E-state index contributed by atoms with van der Waals surface area (Å²) in [6.07, 6.45) is 4.75. The van der Waals surface area contributed by atoms with Gasteiger partial charge in [0, 0.05) is 16.0 Å². The maximum atomic E-state index is 14.0. The molecule has 7 rings (SSSR count). The Morgan fingerprint density at radius 1 is 0.884 bits per heavy atom. The highest BCUT2D eigenvalue weighted by molar-refractivity contribution is 6.31. The van der Waals surface area contributed by atoms with Gasteiger partial charge in [-0.25, -0.2) is 9.91 Å². The molecule has 2 fully saturated rings. The van der Waals surface area contributed by atoms with Crippen LogP contribution >= 0.6 is 23.2 Å². The lowest BCUT2D eigenvalue weighted by Gasteiger charge is -2.30. The molecule has 0 aromatic heterocycles. The molecule has 43 heavy (non-hydrogen) atoms. The maximum Gasteiger partial charge on any atom is 0.264 e. The zero-order valence-corrected chi connectivity index (χ0v) is 24.4. The number of benzene rings is 3. The predicted octanol–water partition coefficient (Wildman–Crippen LogP) is 6.11. The normalized spacial score (nSPS) is 25.4. The summed E-state index contributed by atoms with van der Waals surface area (Å²) < 4.78 is 0. The van der Waals surface area contributed by atoms with Crippen molar-refractivity contribution in [2.75, 3.05) is 11.4 Å². The standard InChI is InChI=1S/C32H26Cl2N6O3/c33-22-13-9-19(10-14-22)17-21-5-4-8-25-27(21)36-40(29(25)20-11-15-23(34)16-12-20)26(41)18-38-30-28(35-37-38)31(42)39(32(30)43)24-6-2-1-3-7-24/h1-3,6-7,9-17,25,28-30H,4-5,8,18H2/b21-17+/t25-,28+,29-,30+/m1/s1. The third-order valence-electron chi connectivity index (χ3n) is 8.35. The lowest BCUT2D eigenvalue weighted by atomic mass is 9.77. The average Bonchev–Trinajstić information content (AvgIpc) is 3.68. The predicted molar refractivity (Wildman–Crippen MR) is 163 cm³/mol. The summed E-state index contributed by atoms with van der Waals surface area (Å²) in [7, 11) is 0. The zero-order chi connectivity index (χ0) is 29.7. The lowest BCUT2D eigenvalue weighted by molar-refractivity contribution is -0.136. The molecule has 3 aromatic carbocycles. The zero-order valence-electron chi connectivity index (χ0n) is 22.9. The molecule has 3 heterocycles. The smallest absolute Gasteiger partial charge is 0.264 e. The second-order valence-electron chi connectivity index (χ2n) is 11.0. The van der Waals surface area contributed by atoms with Gasteiger partial charge in [0.05, 0.1) is 17.4 Å². The number of allylic oxidation sites excluding steroid dienone is 1. The number of hydrogen-bond donors (Lipinski definition) is 0. The van der Waals surface area contributed by atoms with E-state index in [0.717, 1.165) is 46.6 Å². The first-order chi connectivity index (χ1) is 20.9. The molecule has 11 heteroatoms. The van der Waals surface area contributed by atoms with Crippen LogP contribution in [0.4, 0.5) is 5.69 Å². The Balaban J connectivity index is 1.19. The average molecular weight is 614 g/mol. The molecule has 1 saturated carbocycles. The molecule has 9 nitrogen and oxygen atoms in total. The number of carbonyl (C=O) groups excluding carboxylic acids is 3. The molecule has 0 unspecified atom stereocenters. The maximum absolute atomic E-state index is 14.0. The highest BCUT2D eigenvalue weighted by Gasteiger charge is 2.55. The Bertz CT molecular complexity index is 1690. The quantitative estimate of drug-likeness (QED) is 0.325. The van der Waals surface area contributed by atoms with E-state index >= 15 is 0 Å². The molecule has 0 radical (unpaired) electrons. The number of amides is 3. The van der Waals surface area contributed by atoms with Gasteiger partial charge in [0.25, 0.3) is 17.7 Å². The van der Waals surface area contributed by atoms with Crippen molar-refractivity contribution in [3.8, 4) is 0 Å². The summed E-state index contributed by atoms with van der Waals surface area (Å²) in [5.74, 6) is -1.27. The van der Waals surface area contributed by atoms with Crippen molar-refractivity contribution in [3.63, 3.8) is 0 Å². The Labute approximate surface area is 258 Å². The Kier molecular flexibility index (Phi) is 7.07. The first kappa shape index (κ1) is 27.5. The van der Waals surface area contributed by atoms with Crippen molar-refractivity contribution in [1.29, 1.82) is 0 Å². The van der Waals surface area contributed by atoms with Gasteiger partial charge in [-0.2, -0.15) is 10.2 Å². The van der Waals surface area contributed by atoms with Gasteiger partial charge in [0.1, 0.15) is 6.54 Å². The topological polar surface area (TPSA) is 98.0 Å². The Morgan fingerprint density at radius 3 is 2.30 bits per heavy atom. The lowest BCUT2D eigenvalue weighted by Crippen LogP contribution is -2.45. The minimum atomic E-state index is -0.992. The van der Waals surface area contributed by atoms with Crippen LogP contribution < -0.4 is 4.90 Å². The molecular formula is C32H26Cl2N6O3. The van der Waals surface area contributed by atoms with Gasteiger partial charge in [-0.3, -0.25) is 19.4 Å². The number of carbonyl (C=O) groups is 3. The van der Waals surface area contributed by atoms with E-state index in [9.17, 15) is 14.4 Å². The highest BCUT2D eigenvalue weighted by atomic mass is 35.5. The summed E-state index contributed by atoms with van der Waals surface area (Å²) in [5, 5.41) is 17.2. The Morgan fingerprint density at radius 2 is 1.58 bits per heavy atom. The van der Waals surface area contributed by atoms with Gasteiger partial charge in [-0.15, -0.1) is 0 Å². The van der Waals surface area contributed by atoms with Gasteiger partial charge in [0.15, 0.2) is 12.1 Å². The van der Waals surface area contributed by atoms with Gasteiger partial charge < -0.3 is 0 Å². The summed E-state index contributed by atoms with van der Waals surface area (Å²) in [6.45, 7) is -0.254. The first-order valence-electron chi connectivity index (χ1n) is 14.1. The van der Waals surface area contributed by atoms with Crippen molar-refractivity contribution in [3.05, 3.63) is 106 Å². The molecule has 1 aliphatic carbocycles. The van der Waals surface area contributed by atoms with E-state index in [0.29, 0.717) is 15.7 Å². The van der Waals surface area contributed by atoms with Crippen LogP contribution in [0.1, 0.15) is 36.4 Å². The number of rotatable bonds is 5. The number of para-hydroxylation sites is 1. The molecule has 1 saturated heterocycles. The number of fused-ring (bicyclic) bond motifs is 2. The molecular weight excluding hydrogens is 587 g/mol. The van der Waals surface area contributed by atoms with Crippen molar-refractivity contribution < 1.29 is 14.4 Å². The molecule has 0 spiro atoms. The summed E-state index contributed by atoms with van der Waals surface area (Å²) in [5.41, 5.74) is 4.33. The molecule has 0 N–H and O–H groups in total. The molecule has 216 valence electrons. The van der Waals surface area contributed by atoms with Crippen molar-refractivity contribution in [1.82, 2.24) is 10.0 Å². The number of hydrogen-bond acceptors (Lipinski definition) is 7. The molecule has 3 aliphatic heterocycles. The number of halogens is 2. The van der Waals surface area contributed by atoms with E-state index in [1.165, 1.54) is 10.0 Å². The van der Waals surface area contributed by atoms with E-state index in [-0.39, 0.29) is 24.4 Å².